The highest BCUT2D eigenvalue weighted by atomic mass is 16.2. The van der Waals surface area contributed by atoms with Crippen molar-refractivity contribution in [2.45, 2.75) is 38.8 Å². The van der Waals surface area contributed by atoms with Crippen molar-refractivity contribution in [3.8, 4) is 0 Å². The first-order valence-corrected chi connectivity index (χ1v) is 6.24. The third kappa shape index (κ3) is 3.76. The van der Waals surface area contributed by atoms with Crippen molar-refractivity contribution in [1.29, 1.82) is 0 Å². The Morgan fingerprint density at radius 1 is 1.62 bits per heavy atom. The van der Waals surface area contributed by atoms with E-state index in [9.17, 15) is 4.79 Å². The van der Waals surface area contributed by atoms with E-state index < -0.39 is 0 Å². The van der Waals surface area contributed by atoms with Crippen molar-refractivity contribution in [2.24, 2.45) is 0 Å². The lowest BCUT2D eigenvalue weighted by Gasteiger charge is -2.32. The number of amides is 1. The fourth-order valence-corrected chi connectivity index (χ4v) is 2.21. The molecular weight excluding hydrogens is 202 g/mol. The second kappa shape index (κ2) is 6.21. The molecule has 1 N–H and O–H groups in total. The highest BCUT2D eigenvalue weighted by Gasteiger charge is 2.22. The first kappa shape index (κ1) is 13.5. The summed E-state index contributed by atoms with van der Waals surface area (Å²) in [7, 11) is 3.99. The lowest BCUT2D eigenvalue weighted by Crippen LogP contribution is -2.52. The Balaban J connectivity index is 2.38. The van der Waals surface area contributed by atoms with Crippen LogP contribution in [-0.4, -0.2) is 61.5 Å². The van der Waals surface area contributed by atoms with Crippen molar-refractivity contribution >= 4 is 5.91 Å². The largest absolute Gasteiger partial charge is 0.345 e. The van der Waals surface area contributed by atoms with E-state index in [4.69, 9.17) is 0 Å². The molecular formula is C12H25N3O. The van der Waals surface area contributed by atoms with Crippen LogP contribution in [0.25, 0.3) is 0 Å². The molecule has 2 unspecified atom stereocenters. The zero-order valence-electron chi connectivity index (χ0n) is 11.0. The van der Waals surface area contributed by atoms with Gasteiger partial charge in [-0.2, -0.15) is 0 Å². The van der Waals surface area contributed by atoms with Gasteiger partial charge < -0.3 is 15.1 Å². The maximum Gasteiger partial charge on any atom is 0.239 e. The maximum absolute atomic E-state index is 11.9. The average molecular weight is 227 g/mol. The van der Waals surface area contributed by atoms with Crippen LogP contribution < -0.4 is 5.32 Å². The lowest BCUT2D eigenvalue weighted by atomic mass is 10.1. The topological polar surface area (TPSA) is 35.6 Å². The number of hydrogen-bond acceptors (Lipinski definition) is 3. The number of nitrogens with one attached hydrogen (secondary N) is 1. The summed E-state index contributed by atoms with van der Waals surface area (Å²) < 4.78 is 0. The van der Waals surface area contributed by atoms with Gasteiger partial charge in [-0.15, -0.1) is 0 Å². The molecule has 0 aromatic carbocycles. The van der Waals surface area contributed by atoms with E-state index in [0.29, 0.717) is 6.04 Å². The van der Waals surface area contributed by atoms with E-state index in [2.05, 4.69) is 17.3 Å². The second-order valence-corrected chi connectivity index (χ2v) is 4.84. The lowest BCUT2D eigenvalue weighted by molar-refractivity contribution is -0.131. The summed E-state index contributed by atoms with van der Waals surface area (Å²) >= 11 is 0. The van der Waals surface area contributed by atoms with Gasteiger partial charge in [0.15, 0.2) is 0 Å². The predicted octanol–water partition coefficient (Wildman–Crippen LogP) is 0.537. The van der Waals surface area contributed by atoms with Gasteiger partial charge in [0.05, 0.1) is 6.04 Å². The molecule has 1 fully saturated rings. The Morgan fingerprint density at radius 3 is 2.88 bits per heavy atom. The molecule has 16 heavy (non-hydrogen) atoms. The number of piperidine rings is 1. The summed E-state index contributed by atoms with van der Waals surface area (Å²) in [5.41, 5.74) is 0. The summed E-state index contributed by atoms with van der Waals surface area (Å²) in [6, 6.07) is 0.393. The highest BCUT2D eigenvalue weighted by Crippen LogP contribution is 2.09. The molecule has 4 heteroatoms. The third-order valence-corrected chi connectivity index (χ3v) is 3.33. The Kier molecular flexibility index (Phi) is 5.22. The Morgan fingerprint density at radius 2 is 2.31 bits per heavy atom. The van der Waals surface area contributed by atoms with Gasteiger partial charge in [0.1, 0.15) is 0 Å². The molecule has 1 aliphatic heterocycles. The molecule has 0 bridgehead atoms. The minimum atomic E-state index is -0.0681. The minimum Gasteiger partial charge on any atom is -0.345 e. The van der Waals surface area contributed by atoms with Crippen molar-refractivity contribution in [1.82, 2.24) is 15.1 Å². The van der Waals surface area contributed by atoms with E-state index in [0.717, 1.165) is 13.1 Å². The standard InChI is InChI=1S/C12H25N3O/c1-5-15(4)12(16)10(2)13-11-7-6-8-14(3)9-11/h10-11,13H,5-9H2,1-4H3. The first-order chi connectivity index (χ1) is 7.54. The van der Waals surface area contributed by atoms with E-state index in [1.807, 2.05) is 20.9 Å². The van der Waals surface area contributed by atoms with E-state index >= 15 is 0 Å². The number of rotatable bonds is 4. The van der Waals surface area contributed by atoms with Crippen LogP contribution >= 0.6 is 0 Å². The normalized spacial score (nSPS) is 24.1. The van der Waals surface area contributed by atoms with Gasteiger partial charge in [-0.1, -0.05) is 0 Å². The average Bonchev–Trinajstić information content (AvgIpc) is 2.27. The Labute approximate surface area is 99.0 Å². The highest BCUT2D eigenvalue weighted by molar-refractivity contribution is 5.81. The molecule has 0 aromatic heterocycles. The molecule has 2 atom stereocenters. The molecule has 0 aromatic rings. The van der Waals surface area contributed by atoms with Gasteiger partial charge >= 0.3 is 0 Å². The molecule has 0 radical (unpaired) electrons. The van der Waals surface area contributed by atoms with Crippen LogP contribution in [-0.2, 0) is 4.79 Å². The summed E-state index contributed by atoms with van der Waals surface area (Å²) in [5.74, 6) is 0.190. The van der Waals surface area contributed by atoms with Gasteiger partial charge in [0.2, 0.25) is 5.91 Å². The predicted molar refractivity (Wildman–Crippen MR) is 66.4 cm³/mol. The summed E-state index contributed by atoms with van der Waals surface area (Å²) in [6.45, 7) is 6.96. The van der Waals surface area contributed by atoms with Crippen LogP contribution in [0, 0.1) is 0 Å². The zero-order chi connectivity index (χ0) is 12.1. The number of nitrogens with zero attached hydrogens (tertiary/aromatic N) is 2. The van der Waals surface area contributed by atoms with Gasteiger partial charge in [0.25, 0.3) is 0 Å². The van der Waals surface area contributed by atoms with Crippen LogP contribution in [0.3, 0.4) is 0 Å². The van der Waals surface area contributed by atoms with Crippen LogP contribution in [0.2, 0.25) is 0 Å². The van der Waals surface area contributed by atoms with E-state index in [-0.39, 0.29) is 11.9 Å². The number of carbonyl (C=O) groups excluding carboxylic acids is 1. The van der Waals surface area contributed by atoms with E-state index in [1.165, 1.54) is 19.4 Å². The number of carbonyl (C=O) groups is 1. The van der Waals surface area contributed by atoms with Gasteiger partial charge in [-0.3, -0.25) is 4.79 Å². The Hall–Kier alpha value is -0.610. The Bertz CT molecular complexity index is 232. The first-order valence-electron chi connectivity index (χ1n) is 6.24. The molecule has 1 saturated heterocycles. The third-order valence-electron chi connectivity index (χ3n) is 3.33. The van der Waals surface area contributed by atoms with Crippen LogP contribution in [0.1, 0.15) is 26.7 Å². The maximum atomic E-state index is 11.9. The van der Waals surface area contributed by atoms with Crippen LogP contribution in [0.5, 0.6) is 0 Å². The second-order valence-electron chi connectivity index (χ2n) is 4.84. The summed E-state index contributed by atoms with van der Waals surface area (Å²) in [5, 5.41) is 3.43. The van der Waals surface area contributed by atoms with Gasteiger partial charge in [0, 0.05) is 26.2 Å². The van der Waals surface area contributed by atoms with E-state index in [1.54, 1.807) is 4.90 Å². The monoisotopic (exact) mass is 227 g/mol. The molecule has 1 aliphatic rings. The fraction of sp³-hybridized carbons (Fsp3) is 0.917. The molecule has 0 saturated carbocycles. The van der Waals surface area contributed by atoms with Gasteiger partial charge in [-0.05, 0) is 40.3 Å². The zero-order valence-corrected chi connectivity index (χ0v) is 11.0. The van der Waals surface area contributed by atoms with Gasteiger partial charge in [-0.25, -0.2) is 0 Å². The summed E-state index contributed by atoms with van der Waals surface area (Å²) in [6.07, 6.45) is 2.40. The minimum absolute atomic E-state index is 0.0681. The quantitative estimate of drug-likeness (QED) is 0.761. The molecule has 1 amide bonds. The molecule has 0 spiro atoms. The fourth-order valence-electron chi connectivity index (χ4n) is 2.21. The molecule has 4 nitrogen and oxygen atoms in total. The van der Waals surface area contributed by atoms with Crippen molar-refractivity contribution in [3.05, 3.63) is 0 Å². The SMILES string of the molecule is CCN(C)C(=O)C(C)NC1CCCN(C)C1. The number of likely N-dealkylation sites (tertiary alicyclic amines) is 1. The summed E-state index contributed by atoms with van der Waals surface area (Å²) in [4.78, 5) is 16.0. The molecule has 1 heterocycles. The number of likely N-dealkylation sites (N-methyl/N-ethyl adjacent to an activating group) is 2. The van der Waals surface area contributed by atoms with Crippen molar-refractivity contribution in [3.63, 3.8) is 0 Å². The van der Waals surface area contributed by atoms with Crippen molar-refractivity contribution in [2.75, 3.05) is 33.7 Å². The molecule has 1 rings (SSSR count). The smallest absolute Gasteiger partial charge is 0.239 e. The van der Waals surface area contributed by atoms with Crippen molar-refractivity contribution < 1.29 is 4.79 Å². The number of hydrogen-bond donors (Lipinski definition) is 1. The van der Waals surface area contributed by atoms with Crippen LogP contribution in [0.15, 0.2) is 0 Å². The molecule has 94 valence electrons. The van der Waals surface area contributed by atoms with Crippen LogP contribution in [0.4, 0.5) is 0 Å². The molecule has 0 aliphatic carbocycles.